The number of carbonyl (C=O) groups is 1. The van der Waals surface area contributed by atoms with Crippen LogP contribution < -0.4 is 5.73 Å². The van der Waals surface area contributed by atoms with Crippen molar-refractivity contribution >= 4 is 17.6 Å². The lowest BCUT2D eigenvalue weighted by Crippen LogP contribution is -2.24. The second-order valence-electron chi connectivity index (χ2n) is 7.19. The molecule has 2 aromatic heterocycles. The Labute approximate surface area is 172 Å². The van der Waals surface area contributed by atoms with Gasteiger partial charge in [0, 0.05) is 36.9 Å². The zero-order valence-corrected chi connectivity index (χ0v) is 16.6. The highest BCUT2D eigenvalue weighted by atomic mass is 19.1. The molecular formula is C22H20FN5O2. The summed E-state index contributed by atoms with van der Waals surface area (Å²) < 4.78 is 14.1. The Hall–Kier alpha value is -3.68. The molecule has 8 heteroatoms. The average molecular weight is 405 g/mol. The van der Waals surface area contributed by atoms with Gasteiger partial charge in [-0.3, -0.25) is 4.98 Å². The predicted octanol–water partition coefficient (Wildman–Crippen LogP) is 3.57. The van der Waals surface area contributed by atoms with Gasteiger partial charge in [-0.15, -0.1) is 0 Å². The summed E-state index contributed by atoms with van der Waals surface area (Å²) >= 11 is 0. The third kappa shape index (κ3) is 3.89. The Bertz CT molecular complexity index is 1150. The summed E-state index contributed by atoms with van der Waals surface area (Å²) in [6, 6.07) is 8.41. The zero-order chi connectivity index (χ0) is 21.3. The van der Waals surface area contributed by atoms with Crippen LogP contribution in [0.4, 0.5) is 10.3 Å². The van der Waals surface area contributed by atoms with E-state index in [1.165, 1.54) is 19.1 Å². The molecule has 4 rings (SSSR count). The smallest absolute Gasteiger partial charge is 0.331 e. The molecule has 1 aliphatic carbocycles. The SMILES string of the molecule is CC(=O)ON=C1C[C@H](c2ccc(F)cc2-c2cccnc2)Cc2nc(N)nc(C)c21. The third-order valence-corrected chi connectivity index (χ3v) is 5.06. The van der Waals surface area contributed by atoms with Gasteiger partial charge in [-0.2, -0.15) is 0 Å². The summed E-state index contributed by atoms with van der Waals surface area (Å²) in [5.74, 6) is -0.746. The van der Waals surface area contributed by atoms with Crippen LogP contribution in [0.1, 0.15) is 41.8 Å². The lowest BCUT2D eigenvalue weighted by Gasteiger charge is -2.27. The molecule has 0 radical (unpaired) electrons. The first-order valence-electron chi connectivity index (χ1n) is 9.50. The number of aromatic nitrogens is 3. The lowest BCUT2D eigenvalue weighted by molar-refractivity contribution is -0.140. The fourth-order valence-corrected chi connectivity index (χ4v) is 3.90. The van der Waals surface area contributed by atoms with Crippen LogP contribution in [0, 0.1) is 12.7 Å². The number of oxime groups is 1. The molecule has 0 saturated heterocycles. The average Bonchev–Trinajstić information content (AvgIpc) is 2.72. The van der Waals surface area contributed by atoms with Gasteiger partial charge in [0.1, 0.15) is 5.82 Å². The van der Waals surface area contributed by atoms with Gasteiger partial charge in [-0.05, 0) is 48.6 Å². The summed E-state index contributed by atoms with van der Waals surface area (Å²) in [5.41, 5.74) is 11.1. The molecular weight excluding hydrogens is 385 g/mol. The number of halogens is 1. The fraction of sp³-hybridized carbons (Fsp3) is 0.227. The fourth-order valence-electron chi connectivity index (χ4n) is 3.90. The van der Waals surface area contributed by atoms with Crippen molar-refractivity contribution < 1.29 is 14.0 Å². The topological polar surface area (TPSA) is 103 Å². The normalized spacial score (nSPS) is 16.9. The number of anilines is 1. The van der Waals surface area contributed by atoms with E-state index in [9.17, 15) is 9.18 Å². The van der Waals surface area contributed by atoms with E-state index in [2.05, 4.69) is 20.1 Å². The van der Waals surface area contributed by atoms with Crippen molar-refractivity contribution in [3.63, 3.8) is 0 Å². The maximum Gasteiger partial charge on any atom is 0.331 e. The molecule has 7 nitrogen and oxygen atoms in total. The van der Waals surface area contributed by atoms with Gasteiger partial charge >= 0.3 is 5.97 Å². The molecule has 0 aliphatic heterocycles. The molecule has 0 saturated carbocycles. The maximum absolute atomic E-state index is 14.1. The molecule has 1 aliphatic rings. The number of carbonyl (C=O) groups excluding carboxylic acids is 1. The Morgan fingerprint density at radius 3 is 2.83 bits per heavy atom. The first-order valence-corrected chi connectivity index (χ1v) is 9.50. The second kappa shape index (κ2) is 7.98. The van der Waals surface area contributed by atoms with E-state index in [4.69, 9.17) is 10.6 Å². The van der Waals surface area contributed by atoms with Crippen molar-refractivity contribution in [2.24, 2.45) is 5.16 Å². The molecule has 0 amide bonds. The highest BCUT2D eigenvalue weighted by Crippen LogP contribution is 2.38. The highest BCUT2D eigenvalue weighted by Gasteiger charge is 2.30. The summed E-state index contributed by atoms with van der Waals surface area (Å²) in [6.07, 6.45) is 4.42. The monoisotopic (exact) mass is 405 g/mol. The van der Waals surface area contributed by atoms with Crippen LogP contribution in [-0.4, -0.2) is 26.6 Å². The van der Waals surface area contributed by atoms with E-state index in [1.54, 1.807) is 18.5 Å². The number of fused-ring (bicyclic) bond motifs is 1. The summed E-state index contributed by atoms with van der Waals surface area (Å²) in [5, 5.41) is 4.07. The van der Waals surface area contributed by atoms with Gasteiger partial charge in [-0.1, -0.05) is 17.3 Å². The number of benzene rings is 1. The van der Waals surface area contributed by atoms with E-state index in [0.29, 0.717) is 24.2 Å². The van der Waals surface area contributed by atoms with Crippen molar-refractivity contribution in [3.05, 3.63) is 71.1 Å². The molecule has 1 aromatic carbocycles. The van der Waals surface area contributed by atoms with Crippen molar-refractivity contribution in [1.82, 2.24) is 15.0 Å². The number of nitrogen functional groups attached to an aromatic ring is 1. The van der Waals surface area contributed by atoms with Gasteiger partial charge in [0.15, 0.2) is 0 Å². The van der Waals surface area contributed by atoms with Crippen LogP contribution in [-0.2, 0) is 16.1 Å². The molecule has 0 fully saturated rings. The molecule has 152 valence electrons. The quantitative estimate of drug-likeness (QED) is 0.528. The Kier molecular flexibility index (Phi) is 5.22. The van der Waals surface area contributed by atoms with Crippen molar-refractivity contribution in [3.8, 4) is 11.1 Å². The lowest BCUT2D eigenvalue weighted by atomic mass is 9.78. The van der Waals surface area contributed by atoms with Crippen LogP contribution in [0.3, 0.4) is 0 Å². The van der Waals surface area contributed by atoms with Crippen LogP contribution in [0.2, 0.25) is 0 Å². The Morgan fingerprint density at radius 1 is 1.27 bits per heavy atom. The summed E-state index contributed by atoms with van der Waals surface area (Å²) in [7, 11) is 0. The third-order valence-electron chi connectivity index (χ3n) is 5.06. The van der Waals surface area contributed by atoms with Gasteiger partial charge in [-0.25, -0.2) is 19.2 Å². The number of aryl methyl sites for hydroxylation is 1. The van der Waals surface area contributed by atoms with Gasteiger partial charge in [0.25, 0.3) is 0 Å². The molecule has 2 N–H and O–H groups in total. The maximum atomic E-state index is 14.1. The number of hydrogen-bond donors (Lipinski definition) is 1. The number of nitrogens with two attached hydrogens (primary N) is 1. The first-order chi connectivity index (χ1) is 14.4. The van der Waals surface area contributed by atoms with Crippen LogP contribution in [0.15, 0.2) is 47.9 Å². The van der Waals surface area contributed by atoms with E-state index in [0.717, 1.165) is 27.9 Å². The molecule has 2 heterocycles. The predicted molar refractivity (Wildman–Crippen MR) is 110 cm³/mol. The van der Waals surface area contributed by atoms with Gasteiger partial charge in [0.05, 0.1) is 17.1 Å². The molecule has 0 spiro atoms. The van der Waals surface area contributed by atoms with Crippen LogP contribution in [0.5, 0.6) is 0 Å². The number of pyridine rings is 1. The Morgan fingerprint density at radius 2 is 2.10 bits per heavy atom. The number of rotatable bonds is 3. The standard InChI is InChI=1S/C22H20FN5O2/c1-12-21-19(27-22(24)26-12)8-15(9-20(21)28-30-13(2)29)17-6-5-16(23)10-18(17)14-4-3-7-25-11-14/h3-7,10-11,15H,8-9H2,1-2H3,(H2,24,26,27)/t15-/m1/s1. The second-order valence-corrected chi connectivity index (χ2v) is 7.19. The zero-order valence-electron chi connectivity index (χ0n) is 16.6. The van der Waals surface area contributed by atoms with E-state index >= 15 is 0 Å². The Balaban J connectivity index is 1.83. The minimum absolute atomic E-state index is 0.0729. The molecule has 3 aromatic rings. The summed E-state index contributed by atoms with van der Waals surface area (Å²) in [4.78, 5) is 29.1. The van der Waals surface area contributed by atoms with Gasteiger partial charge < -0.3 is 10.6 Å². The van der Waals surface area contributed by atoms with Gasteiger partial charge in [0.2, 0.25) is 5.95 Å². The first kappa shape index (κ1) is 19.6. The minimum Gasteiger partial charge on any atom is -0.368 e. The number of nitrogens with zero attached hydrogens (tertiary/aromatic N) is 4. The van der Waals surface area contributed by atoms with Crippen LogP contribution in [0.25, 0.3) is 11.1 Å². The number of hydrogen-bond acceptors (Lipinski definition) is 7. The molecule has 1 atom stereocenters. The highest BCUT2D eigenvalue weighted by molar-refractivity contribution is 6.04. The molecule has 30 heavy (non-hydrogen) atoms. The largest absolute Gasteiger partial charge is 0.368 e. The van der Waals surface area contributed by atoms with Crippen molar-refractivity contribution in [1.29, 1.82) is 0 Å². The van der Waals surface area contributed by atoms with E-state index in [-0.39, 0.29) is 17.7 Å². The van der Waals surface area contributed by atoms with E-state index < -0.39 is 5.97 Å². The molecule has 0 bridgehead atoms. The van der Waals surface area contributed by atoms with Crippen molar-refractivity contribution in [2.45, 2.75) is 32.6 Å². The van der Waals surface area contributed by atoms with Crippen molar-refractivity contribution in [2.75, 3.05) is 5.73 Å². The minimum atomic E-state index is -0.516. The van der Waals surface area contributed by atoms with E-state index in [1.807, 2.05) is 19.1 Å². The summed E-state index contributed by atoms with van der Waals surface area (Å²) in [6.45, 7) is 3.11. The van der Waals surface area contributed by atoms with Crippen LogP contribution >= 0.6 is 0 Å². The molecule has 0 unspecified atom stereocenters.